The summed E-state index contributed by atoms with van der Waals surface area (Å²) < 4.78 is 7.30. The van der Waals surface area contributed by atoms with Crippen molar-refractivity contribution < 1.29 is 9.52 Å². The van der Waals surface area contributed by atoms with E-state index in [1.165, 1.54) is 0 Å². The molecule has 31 heavy (non-hydrogen) atoms. The van der Waals surface area contributed by atoms with E-state index in [-0.39, 0.29) is 11.8 Å². The van der Waals surface area contributed by atoms with E-state index in [1.807, 2.05) is 91.9 Å². The molecule has 0 saturated carbocycles. The summed E-state index contributed by atoms with van der Waals surface area (Å²) in [4.78, 5) is 13.0. The summed E-state index contributed by atoms with van der Waals surface area (Å²) in [6.45, 7) is 1.98. The fourth-order valence-corrected chi connectivity index (χ4v) is 4.09. The monoisotopic (exact) mass is 407 g/mol. The number of phenolic OH excluding ortho intramolecular Hbond substituents is 1. The van der Waals surface area contributed by atoms with Crippen LogP contribution in [0.4, 0.5) is 0 Å². The molecule has 0 radical (unpaired) electrons. The number of aryl methyl sites for hydroxylation is 1. The Balaban J connectivity index is 1.77. The van der Waals surface area contributed by atoms with Gasteiger partial charge in [-0.2, -0.15) is 0 Å². The van der Waals surface area contributed by atoms with E-state index in [9.17, 15) is 9.90 Å². The van der Waals surface area contributed by atoms with Crippen LogP contribution in [0.25, 0.3) is 22.2 Å². The van der Waals surface area contributed by atoms with E-state index in [2.05, 4.69) is 0 Å². The molecule has 0 aliphatic rings. The molecule has 152 valence electrons. The molecule has 0 amide bonds. The summed E-state index contributed by atoms with van der Waals surface area (Å²) >= 11 is 0. The Kier molecular flexibility index (Phi) is 4.68. The lowest BCUT2D eigenvalue weighted by Crippen LogP contribution is -2.22. The molecule has 4 heteroatoms. The van der Waals surface area contributed by atoms with E-state index in [0.29, 0.717) is 11.1 Å². The van der Waals surface area contributed by atoms with Crippen molar-refractivity contribution in [2.24, 2.45) is 0 Å². The molecule has 4 nitrogen and oxygen atoms in total. The summed E-state index contributed by atoms with van der Waals surface area (Å²) in [6, 6.07) is 30.6. The van der Waals surface area contributed by atoms with Gasteiger partial charge in [0.15, 0.2) is 5.58 Å². The van der Waals surface area contributed by atoms with Crippen LogP contribution < -0.4 is 5.76 Å². The van der Waals surface area contributed by atoms with Crippen molar-refractivity contribution >= 4 is 11.1 Å². The third-order valence-corrected chi connectivity index (χ3v) is 5.56. The first kappa shape index (κ1) is 18.9. The van der Waals surface area contributed by atoms with Gasteiger partial charge in [-0.3, -0.25) is 4.57 Å². The second-order valence-corrected chi connectivity index (χ2v) is 7.66. The Hall–Kier alpha value is -4.05. The van der Waals surface area contributed by atoms with Crippen LogP contribution >= 0.6 is 0 Å². The molecule has 0 aliphatic carbocycles. The number of hydrogen-bond acceptors (Lipinski definition) is 3. The molecule has 4 aromatic carbocycles. The highest BCUT2D eigenvalue weighted by atomic mass is 16.4. The van der Waals surface area contributed by atoms with Crippen LogP contribution in [0.2, 0.25) is 0 Å². The van der Waals surface area contributed by atoms with E-state index < -0.39 is 5.76 Å². The van der Waals surface area contributed by atoms with Crippen LogP contribution in [0.3, 0.4) is 0 Å². The van der Waals surface area contributed by atoms with Gasteiger partial charge in [0.2, 0.25) is 0 Å². The predicted molar refractivity (Wildman–Crippen MR) is 122 cm³/mol. The molecule has 5 rings (SSSR count). The zero-order chi connectivity index (χ0) is 21.4. The fraction of sp³-hybridized carbons (Fsp3) is 0.0741. The molecule has 5 aromatic rings. The molecule has 1 heterocycles. The molecule has 0 saturated heterocycles. The second kappa shape index (κ2) is 7.65. The molecule has 0 aliphatic heterocycles. The highest BCUT2D eigenvalue weighted by molar-refractivity contribution is 5.83. The quantitative estimate of drug-likeness (QED) is 0.403. The molecule has 0 atom stereocenters. The number of fused-ring (bicyclic) bond motifs is 1. The van der Waals surface area contributed by atoms with Crippen LogP contribution in [-0.2, 0) is 0 Å². The van der Waals surface area contributed by atoms with E-state index in [0.717, 1.165) is 27.8 Å². The van der Waals surface area contributed by atoms with Crippen molar-refractivity contribution in [2.45, 2.75) is 13.0 Å². The zero-order valence-corrected chi connectivity index (χ0v) is 17.0. The maximum atomic E-state index is 13.0. The summed E-state index contributed by atoms with van der Waals surface area (Å²) in [5.74, 6) is -0.219. The van der Waals surface area contributed by atoms with Gasteiger partial charge in [-0.25, -0.2) is 4.79 Å². The van der Waals surface area contributed by atoms with Crippen molar-refractivity contribution in [3.63, 3.8) is 0 Å². The largest absolute Gasteiger partial charge is 0.507 e. The molecule has 1 N–H and O–H groups in total. The third-order valence-electron chi connectivity index (χ3n) is 5.56. The van der Waals surface area contributed by atoms with E-state index >= 15 is 0 Å². The van der Waals surface area contributed by atoms with Crippen LogP contribution in [0.15, 0.2) is 106 Å². The summed E-state index contributed by atoms with van der Waals surface area (Å²) in [6.07, 6.45) is 0. The SMILES string of the molecule is Cc1ccc(O)c(-c2ccc3oc(=O)n(C(c4ccccc4)c4ccccc4)c3c2)c1. The number of phenols is 1. The average Bonchev–Trinajstić information content (AvgIpc) is 3.12. The Labute approximate surface area is 179 Å². The molecule has 0 spiro atoms. The minimum absolute atomic E-state index is 0.199. The first-order chi connectivity index (χ1) is 15.1. The lowest BCUT2D eigenvalue weighted by molar-refractivity contribution is 0.477. The average molecular weight is 407 g/mol. The van der Waals surface area contributed by atoms with Crippen molar-refractivity contribution in [3.05, 3.63) is 124 Å². The second-order valence-electron chi connectivity index (χ2n) is 7.66. The van der Waals surface area contributed by atoms with Crippen LogP contribution in [0.5, 0.6) is 5.75 Å². The van der Waals surface area contributed by atoms with Crippen molar-refractivity contribution in [1.82, 2.24) is 4.57 Å². The Morgan fingerprint density at radius 3 is 2.10 bits per heavy atom. The number of aromatic nitrogens is 1. The first-order valence-corrected chi connectivity index (χ1v) is 10.2. The van der Waals surface area contributed by atoms with Gasteiger partial charge >= 0.3 is 5.76 Å². The predicted octanol–water partition coefficient (Wildman–Crippen LogP) is 5.91. The van der Waals surface area contributed by atoms with Crippen molar-refractivity contribution in [2.75, 3.05) is 0 Å². The normalized spacial score (nSPS) is 11.3. The van der Waals surface area contributed by atoms with Crippen LogP contribution in [0.1, 0.15) is 22.7 Å². The first-order valence-electron chi connectivity index (χ1n) is 10.2. The molecular weight excluding hydrogens is 386 g/mol. The topological polar surface area (TPSA) is 55.4 Å². The molecule has 0 unspecified atom stereocenters. The summed E-state index contributed by atoms with van der Waals surface area (Å²) in [5.41, 5.74) is 5.76. The number of nitrogens with zero attached hydrogens (tertiary/aromatic N) is 1. The number of benzene rings is 4. The van der Waals surface area contributed by atoms with Gasteiger partial charge in [-0.05, 0) is 47.9 Å². The molecule has 0 fully saturated rings. The van der Waals surface area contributed by atoms with E-state index in [4.69, 9.17) is 4.42 Å². The van der Waals surface area contributed by atoms with Crippen LogP contribution in [-0.4, -0.2) is 9.67 Å². The summed E-state index contributed by atoms with van der Waals surface area (Å²) in [7, 11) is 0. The van der Waals surface area contributed by atoms with Gasteiger partial charge in [-0.15, -0.1) is 0 Å². The number of hydrogen-bond donors (Lipinski definition) is 1. The molecule has 0 bridgehead atoms. The van der Waals surface area contributed by atoms with Crippen LogP contribution in [0, 0.1) is 6.92 Å². The van der Waals surface area contributed by atoms with Gasteiger partial charge in [0.25, 0.3) is 0 Å². The Morgan fingerprint density at radius 2 is 1.45 bits per heavy atom. The summed E-state index contributed by atoms with van der Waals surface area (Å²) in [5, 5.41) is 10.4. The Morgan fingerprint density at radius 1 is 0.806 bits per heavy atom. The number of oxazole rings is 1. The van der Waals surface area contributed by atoms with Crippen molar-refractivity contribution in [1.29, 1.82) is 0 Å². The van der Waals surface area contributed by atoms with E-state index in [1.54, 1.807) is 16.7 Å². The molecule has 1 aromatic heterocycles. The minimum Gasteiger partial charge on any atom is -0.507 e. The lowest BCUT2D eigenvalue weighted by Gasteiger charge is -2.19. The minimum atomic E-state index is -0.418. The van der Waals surface area contributed by atoms with Crippen molar-refractivity contribution in [3.8, 4) is 16.9 Å². The lowest BCUT2D eigenvalue weighted by atomic mass is 9.97. The maximum Gasteiger partial charge on any atom is 0.420 e. The molecular formula is C27H21NO3. The van der Waals surface area contributed by atoms with Gasteiger partial charge in [0, 0.05) is 5.56 Å². The Bertz CT molecular complexity index is 1380. The third kappa shape index (κ3) is 3.42. The standard InChI is InChI=1S/C27H21NO3/c1-18-12-14-24(29)22(16-18)21-13-15-25-23(17-21)28(27(30)31-25)26(19-8-4-2-5-9-19)20-10-6-3-7-11-20/h2-17,26,29H,1H3. The zero-order valence-electron chi connectivity index (χ0n) is 17.0. The van der Waals surface area contributed by atoms with Gasteiger partial charge in [0.1, 0.15) is 5.75 Å². The fourth-order valence-electron chi connectivity index (χ4n) is 4.09. The van der Waals surface area contributed by atoms with Gasteiger partial charge in [0.05, 0.1) is 11.6 Å². The van der Waals surface area contributed by atoms with Gasteiger partial charge in [-0.1, -0.05) is 78.4 Å². The highest BCUT2D eigenvalue weighted by Gasteiger charge is 2.23. The smallest absolute Gasteiger partial charge is 0.420 e. The van der Waals surface area contributed by atoms with Gasteiger partial charge < -0.3 is 9.52 Å². The number of aromatic hydroxyl groups is 1. The maximum absolute atomic E-state index is 13.0. The number of rotatable bonds is 4. The highest BCUT2D eigenvalue weighted by Crippen LogP contribution is 2.34.